The van der Waals surface area contributed by atoms with Crippen LogP contribution >= 0.6 is 11.6 Å². The van der Waals surface area contributed by atoms with E-state index < -0.39 is 0 Å². The summed E-state index contributed by atoms with van der Waals surface area (Å²) in [6, 6.07) is 12.5. The number of halogens is 1. The molecule has 19 heavy (non-hydrogen) atoms. The third-order valence-electron chi connectivity index (χ3n) is 2.66. The molecule has 0 heterocycles. The topological polar surface area (TPSA) is 71.1 Å². The number of nitrogens with two attached hydrogens (primary N) is 1. The SMILES string of the molecule is COc1ccc(Cl)cc1Nc1cccc(C#N)c1N. The van der Waals surface area contributed by atoms with Crippen molar-refractivity contribution >= 4 is 28.7 Å². The highest BCUT2D eigenvalue weighted by Crippen LogP contribution is 2.33. The number of nitriles is 1. The second-order valence-corrected chi connectivity index (χ2v) is 4.28. The lowest BCUT2D eigenvalue weighted by atomic mass is 10.1. The maximum absolute atomic E-state index is 8.95. The molecule has 0 aliphatic rings. The van der Waals surface area contributed by atoms with Gasteiger partial charge in [0, 0.05) is 5.02 Å². The molecule has 2 aromatic carbocycles. The summed E-state index contributed by atoms with van der Waals surface area (Å²) in [5.74, 6) is 0.645. The van der Waals surface area contributed by atoms with E-state index in [9.17, 15) is 0 Å². The summed E-state index contributed by atoms with van der Waals surface area (Å²) in [5.41, 5.74) is 8.06. The van der Waals surface area contributed by atoms with E-state index in [1.165, 1.54) is 0 Å². The molecular weight excluding hydrogens is 262 g/mol. The Balaban J connectivity index is 2.42. The highest BCUT2D eigenvalue weighted by atomic mass is 35.5. The molecule has 5 heteroatoms. The summed E-state index contributed by atoms with van der Waals surface area (Å²) in [6.07, 6.45) is 0. The number of rotatable bonds is 3. The van der Waals surface area contributed by atoms with Crippen LogP contribution in [0, 0.1) is 11.3 Å². The average Bonchev–Trinajstić information content (AvgIpc) is 2.41. The minimum absolute atomic E-state index is 0.395. The number of benzene rings is 2. The summed E-state index contributed by atoms with van der Waals surface area (Å²) in [5, 5.41) is 12.7. The Morgan fingerprint density at radius 2 is 2.05 bits per heavy atom. The van der Waals surface area contributed by atoms with E-state index in [4.69, 9.17) is 27.3 Å². The molecule has 2 aromatic rings. The van der Waals surface area contributed by atoms with E-state index in [2.05, 4.69) is 5.32 Å². The van der Waals surface area contributed by atoms with Gasteiger partial charge >= 0.3 is 0 Å². The van der Waals surface area contributed by atoms with E-state index in [-0.39, 0.29) is 0 Å². The number of nitrogens with one attached hydrogen (secondary N) is 1. The molecule has 0 bridgehead atoms. The minimum Gasteiger partial charge on any atom is -0.495 e. The standard InChI is InChI=1S/C14H12ClN3O/c1-19-13-6-5-10(15)7-12(13)18-11-4-2-3-9(8-16)14(11)17/h2-7,18H,17H2,1H3. The molecule has 0 amide bonds. The van der Waals surface area contributed by atoms with E-state index in [0.717, 1.165) is 0 Å². The molecule has 4 nitrogen and oxygen atoms in total. The predicted octanol–water partition coefficient (Wildman–Crippen LogP) is 3.55. The number of nitrogen functional groups attached to an aromatic ring is 1. The number of anilines is 3. The fraction of sp³-hybridized carbons (Fsp3) is 0.0714. The van der Waals surface area contributed by atoms with E-state index in [1.807, 2.05) is 6.07 Å². The molecule has 0 fully saturated rings. The van der Waals surface area contributed by atoms with Gasteiger partial charge in [-0.3, -0.25) is 0 Å². The van der Waals surface area contributed by atoms with Gasteiger partial charge in [-0.15, -0.1) is 0 Å². The lowest BCUT2D eigenvalue weighted by Crippen LogP contribution is -2.00. The first-order valence-corrected chi connectivity index (χ1v) is 5.92. The summed E-state index contributed by atoms with van der Waals surface area (Å²) in [6.45, 7) is 0. The molecule has 0 saturated carbocycles. The van der Waals surface area contributed by atoms with Gasteiger partial charge in [-0.1, -0.05) is 17.7 Å². The Hall–Kier alpha value is -2.38. The second kappa shape index (κ2) is 5.51. The largest absolute Gasteiger partial charge is 0.495 e. The fourth-order valence-electron chi connectivity index (χ4n) is 1.69. The summed E-state index contributed by atoms with van der Waals surface area (Å²) >= 11 is 5.96. The molecule has 96 valence electrons. The zero-order valence-electron chi connectivity index (χ0n) is 10.3. The van der Waals surface area contributed by atoms with Gasteiger partial charge in [-0.05, 0) is 30.3 Å². The first-order valence-electron chi connectivity index (χ1n) is 5.55. The number of hydrogen-bond donors (Lipinski definition) is 2. The molecule has 0 atom stereocenters. The van der Waals surface area contributed by atoms with Crippen LogP contribution in [0.25, 0.3) is 0 Å². The van der Waals surface area contributed by atoms with Crippen LogP contribution in [-0.2, 0) is 0 Å². The number of hydrogen-bond acceptors (Lipinski definition) is 4. The van der Waals surface area contributed by atoms with Crippen molar-refractivity contribution < 1.29 is 4.74 Å². The Labute approximate surface area is 116 Å². The van der Waals surface area contributed by atoms with Crippen LogP contribution in [0.4, 0.5) is 17.1 Å². The lowest BCUT2D eigenvalue weighted by molar-refractivity contribution is 0.417. The van der Waals surface area contributed by atoms with Crippen molar-refractivity contribution in [3.05, 3.63) is 47.0 Å². The maximum Gasteiger partial charge on any atom is 0.142 e. The highest BCUT2D eigenvalue weighted by molar-refractivity contribution is 6.31. The Kier molecular flexibility index (Phi) is 3.79. The Bertz CT molecular complexity index is 650. The zero-order chi connectivity index (χ0) is 13.8. The second-order valence-electron chi connectivity index (χ2n) is 3.85. The monoisotopic (exact) mass is 273 g/mol. The number of nitrogens with zero attached hydrogens (tertiary/aromatic N) is 1. The van der Waals surface area contributed by atoms with Crippen molar-refractivity contribution in [3.8, 4) is 11.8 Å². The van der Waals surface area contributed by atoms with Crippen LogP contribution in [-0.4, -0.2) is 7.11 Å². The average molecular weight is 274 g/mol. The van der Waals surface area contributed by atoms with Crippen LogP contribution in [0.2, 0.25) is 5.02 Å². The van der Waals surface area contributed by atoms with Crippen molar-refractivity contribution in [1.29, 1.82) is 5.26 Å². The quantitative estimate of drug-likeness (QED) is 0.839. The summed E-state index contributed by atoms with van der Waals surface area (Å²) in [4.78, 5) is 0. The van der Waals surface area contributed by atoms with Crippen LogP contribution in [0.3, 0.4) is 0 Å². The van der Waals surface area contributed by atoms with Gasteiger partial charge in [0.15, 0.2) is 0 Å². The lowest BCUT2D eigenvalue weighted by Gasteiger charge is -2.13. The Morgan fingerprint density at radius 3 is 2.74 bits per heavy atom. The van der Waals surface area contributed by atoms with Crippen LogP contribution in [0.5, 0.6) is 5.75 Å². The Morgan fingerprint density at radius 1 is 1.26 bits per heavy atom. The molecule has 0 saturated heterocycles. The van der Waals surface area contributed by atoms with Gasteiger partial charge in [-0.25, -0.2) is 0 Å². The van der Waals surface area contributed by atoms with Gasteiger partial charge in [0.25, 0.3) is 0 Å². The predicted molar refractivity (Wildman–Crippen MR) is 76.9 cm³/mol. The molecule has 2 rings (SSSR count). The summed E-state index contributed by atoms with van der Waals surface area (Å²) < 4.78 is 5.24. The fourth-order valence-corrected chi connectivity index (χ4v) is 1.87. The van der Waals surface area contributed by atoms with Crippen molar-refractivity contribution in [2.24, 2.45) is 0 Å². The molecule has 0 radical (unpaired) electrons. The highest BCUT2D eigenvalue weighted by Gasteiger charge is 2.08. The van der Waals surface area contributed by atoms with Crippen molar-refractivity contribution in [2.75, 3.05) is 18.2 Å². The molecule has 0 unspecified atom stereocenters. The van der Waals surface area contributed by atoms with Crippen molar-refractivity contribution in [3.63, 3.8) is 0 Å². The summed E-state index contributed by atoms with van der Waals surface area (Å²) in [7, 11) is 1.57. The van der Waals surface area contributed by atoms with Gasteiger partial charge in [0.1, 0.15) is 11.8 Å². The van der Waals surface area contributed by atoms with Crippen LogP contribution < -0.4 is 15.8 Å². The number of ether oxygens (including phenoxy) is 1. The zero-order valence-corrected chi connectivity index (χ0v) is 11.0. The van der Waals surface area contributed by atoms with Crippen LogP contribution in [0.1, 0.15) is 5.56 Å². The molecule has 0 aliphatic heterocycles. The molecular formula is C14H12ClN3O. The van der Waals surface area contributed by atoms with Crippen molar-refractivity contribution in [1.82, 2.24) is 0 Å². The van der Waals surface area contributed by atoms with Gasteiger partial charge in [-0.2, -0.15) is 5.26 Å². The first-order chi connectivity index (χ1) is 9.15. The third kappa shape index (κ3) is 2.72. The van der Waals surface area contributed by atoms with E-state index in [1.54, 1.807) is 43.5 Å². The molecule has 3 N–H and O–H groups in total. The molecule has 0 spiro atoms. The third-order valence-corrected chi connectivity index (χ3v) is 2.89. The van der Waals surface area contributed by atoms with E-state index >= 15 is 0 Å². The maximum atomic E-state index is 8.95. The number of para-hydroxylation sites is 1. The smallest absolute Gasteiger partial charge is 0.142 e. The molecule has 0 aliphatic carbocycles. The van der Waals surface area contributed by atoms with E-state index in [0.29, 0.717) is 33.4 Å². The first kappa shape index (κ1) is 13.1. The number of methoxy groups -OCH3 is 1. The molecule has 0 aromatic heterocycles. The van der Waals surface area contributed by atoms with Gasteiger partial charge in [0.05, 0.1) is 29.7 Å². The van der Waals surface area contributed by atoms with Gasteiger partial charge in [0.2, 0.25) is 0 Å². The van der Waals surface area contributed by atoms with Crippen LogP contribution in [0.15, 0.2) is 36.4 Å². The normalized spacial score (nSPS) is 9.74. The van der Waals surface area contributed by atoms with Gasteiger partial charge < -0.3 is 15.8 Å². The minimum atomic E-state index is 0.395. The van der Waals surface area contributed by atoms with Crippen molar-refractivity contribution in [2.45, 2.75) is 0 Å².